The zero-order valence-electron chi connectivity index (χ0n) is 37.5. The molecule has 0 spiro atoms. The molecule has 0 aliphatic rings. The monoisotopic (exact) mass is 787 g/mol. The van der Waals surface area contributed by atoms with Gasteiger partial charge >= 0.3 is 11.9 Å². The van der Waals surface area contributed by atoms with Gasteiger partial charge in [0.15, 0.2) is 0 Å². The minimum Gasteiger partial charge on any atom is -0.481 e. The van der Waals surface area contributed by atoms with Crippen molar-refractivity contribution < 1.29 is 19.8 Å². The molecule has 0 heterocycles. The first-order chi connectivity index (χ1) is 27.6. The van der Waals surface area contributed by atoms with Crippen LogP contribution in [0.15, 0.2) is 24.3 Å². The highest BCUT2D eigenvalue weighted by atomic mass is 16.4. The van der Waals surface area contributed by atoms with Gasteiger partial charge in [-0.15, -0.1) is 0 Å². The summed E-state index contributed by atoms with van der Waals surface area (Å²) in [6.07, 6.45) is 69.3. The summed E-state index contributed by atoms with van der Waals surface area (Å²) in [7, 11) is 0. The predicted molar refractivity (Wildman–Crippen MR) is 246 cm³/mol. The van der Waals surface area contributed by atoms with Gasteiger partial charge in [0.2, 0.25) is 0 Å². The van der Waals surface area contributed by atoms with Gasteiger partial charge in [-0.3, -0.25) is 9.59 Å². The molecule has 4 heteroatoms. The molecule has 0 saturated heterocycles. The zero-order chi connectivity index (χ0) is 40.5. The fourth-order valence-corrected chi connectivity index (χ4v) is 8.08. The minimum atomic E-state index is -0.655. The lowest BCUT2D eigenvalue weighted by Gasteiger charge is -2.04. The van der Waals surface area contributed by atoms with Crippen molar-refractivity contribution in [3.05, 3.63) is 24.3 Å². The highest BCUT2D eigenvalue weighted by Crippen LogP contribution is 2.17. The molecule has 0 rings (SSSR count). The van der Waals surface area contributed by atoms with Gasteiger partial charge in [0.05, 0.1) is 0 Å². The van der Waals surface area contributed by atoms with Crippen LogP contribution >= 0.6 is 0 Å². The highest BCUT2D eigenvalue weighted by molar-refractivity contribution is 5.66. The van der Waals surface area contributed by atoms with E-state index in [1.165, 1.54) is 257 Å². The second-order valence-corrected chi connectivity index (χ2v) is 17.5. The Morgan fingerprint density at radius 2 is 0.339 bits per heavy atom. The Hall–Kier alpha value is -1.58. The topological polar surface area (TPSA) is 74.6 Å². The molecule has 0 aromatic rings. The van der Waals surface area contributed by atoms with Gasteiger partial charge in [0.1, 0.15) is 0 Å². The van der Waals surface area contributed by atoms with E-state index in [4.69, 9.17) is 10.2 Å². The van der Waals surface area contributed by atoms with Crippen LogP contribution in [-0.4, -0.2) is 22.2 Å². The van der Waals surface area contributed by atoms with Crippen molar-refractivity contribution in [2.75, 3.05) is 0 Å². The molecule has 330 valence electrons. The number of hydrogen-bond acceptors (Lipinski definition) is 2. The lowest BCUT2D eigenvalue weighted by atomic mass is 10.0. The van der Waals surface area contributed by atoms with Crippen LogP contribution in [0.3, 0.4) is 0 Å². The summed E-state index contributed by atoms with van der Waals surface area (Å²) < 4.78 is 0. The number of unbranched alkanes of at least 4 members (excludes halogenated alkanes) is 41. The molecule has 0 aliphatic heterocycles. The van der Waals surface area contributed by atoms with Crippen molar-refractivity contribution in [3.63, 3.8) is 0 Å². The number of aliphatic carboxylic acids is 2. The molecule has 0 atom stereocenters. The second-order valence-electron chi connectivity index (χ2n) is 17.5. The first-order valence-corrected chi connectivity index (χ1v) is 25.4. The Kier molecular flexibility index (Phi) is 48.2. The summed E-state index contributed by atoms with van der Waals surface area (Å²) in [6, 6.07) is 0. The van der Waals surface area contributed by atoms with E-state index in [0.29, 0.717) is 12.8 Å². The molecule has 0 fully saturated rings. The van der Waals surface area contributed by atoms with Crippen LogP contribution in [0.5, 0.6) is 0 Å². The molecule has 0 aromatic heterocycles. The normalized spacial score (nSPS) is 11.8. The molecule has 0 unspecified atom stereocenters. The predicted octanol–water partition coefficient (Wildman–Crippen LogP) is 18.2. The molecule has 0 bridgehead atoms. The van der Waals surface area contributed by atoms with Crippen LogP contribution in [0.25, 0.3) is 0 Å². The number of carbonyl (C=O) groups is 2. The first-order valence-electron chi connectivity index (χ1n) is 25.4. The lowest BCUT2D eigenvalue weighted by molar-refractivity contribution is -0.138. The van der Waals surface area contributed by atoms with Gasteiger partial charge < -0.3 is 10.2 Å². The lowest BCUT2D eigenvalue weighted by Crippen LogP contribution is -1.93. The van der Waals surface area contributed by atoms with Gasteiger partial charge in [-0.05, 0) is 64.2 Å². The Balaban J connectivity index is 3.13. The summed E-state index contributed by atoms with van der Waals surface area (Å²) in [5.74, 6) is -1.31. The van der Waals surface area contributed by atoms with Gasteiger partial charge in [-0.25, -0.2) is 0 Å². The van der Waals surface area contributed by atoms with E-state index in [2.05, 4.69) is 24.3 Å². The van der Waals surface area contributed by atoms with Crippen LogP contribution in [-0.2, 0) is 9.59 Å². The van der Waals surface area contributed by atoms with E-state index in [1.54, 1.807) is 0 Å². The summed E-state index contributed by atoms with van der Waals surface area (Å²) in [5.41, 5.74) is 0. The largest absolute Gasteiger partial charge is 0.481 e. The molecular formula is C52H98O4. The Morgan fingerprint density at radius 1 is 0.214 bits per heavy atom. The van der Waals surface area contributed by atoms with E-state index < -0.39 is 11.9 Å². The molecular weight excluding hydrogens is 689 g/mol. The molecule has 0 radical (unpaired) electrons. The molecule has 2 N–H and O–H groups in total. The maximum Gasteiger partial charge on any atom is 0.303 e. The van der Waals surface area contributed by atoms with Gasteiger partial charge in [0.25, 0.3) is 0 Å². The van der Waals surface area contributed by atoms with Crippen LogP contribution in [0.4, 0.5) is 0 Å². The molecule has 0 aliphatic carbocycles. The molecule has 0 aromatic carbocycles. The van der Waals surface area contributed by atoms with E-state index in [-0.39, 0.29) is 0 Å². The third kappa shape index (κ3) is 52.4. The minimum absolute atomic E-state index is 0.336. The Morgan fingerprint density at radius 3 is 0.482 bits per heavy atom. The van der Waals surface area contributed by atoms with E-state index in [1.807, 2.05) is 0 Å². The van der Waals surface area contributed by atoms with E-state index in [9.17, 15) is 9.59 Å². The van der Waals surface area contributed by atoms with Crippen LogP contribution in [0, 0.1) is 0 Å². The van der Waals surface area contributed by atoms with Crippen molar-refractivity contribution >= 4 is 11.9 Å². The third-order valence-corrected chi connectivity index (χ3v) is 11.8. The highest BCUT2D eigenvalue weighted by Gasteiger charge is 1.99. The average molecular weight is 787 g/mol. The summed E-state index contributed by atoms with van der Waals surface area (Å²) in [6.45, 7) is 0. The summed E-state index contributed by atoms with van der Waals surface area (Å²) in [5, 5.41) is 17.3. The van der Waals surface area contributed by atoms with Crippen LogP contribution in [0.1, 0.15) is 295 Å². The SMILES string of the molecule is O=C(O)CCCCCCCCCCC/C=C\CCCCCCCCCCCCCCCCCCCCCCCC/C=C\CCCCCCCCCCCC(=O)O. The third-order valence-electron chi connectivity index (χ3n) is 11.8. The van der Waals surface area contributed by atoms with Gasteiger partial charge in [-0.1, -0.05) is 243 Å². The number of rotatable bonds is 49. The van der Waals surface area contributed by atoms with E-state index in [0.717, 1.165) is 25.7 Å². The molecule has 4 nitrogen and oxygen atoms in total. The fourth-order valence-electron chi connectivity index (χ4n) is 8.08. The summed E-state index contributed by atoms with van der Waals surface area (Å²) >= 11 is 0. The van der Waals surface area contributed by atoms with Crippen LogP contribution < -0.4 is 0 Å². The number of carboxylic acids is 2. The van der Waals surface area contributed by atoms with Gasteiger partial charge in [0, 0.05) is 12.8 Å². The maximum atomic E-state index is 10.5. The quantitative estimate of drug-likeness (QED) is 0.0476. The van der Waals surface area contributed by atoms with Gasteiger partial charge in [-0.2, -0.15) is 0 Å². The number of hydrogen-bond donors (Lipinski definition) is 2. The molecule has 56 heavy (non-hydrogen) atoms. The number of allylic oxidation sites excluding steroid dienone is 4. The van der Waals surface area contributed by atoms with Crippen molar-refractivity contribution in [3.8, 4) is 0 Å². The van der Waals surface area contributed by atoms with Crippen LogP contribution in [0.2, 0.25) is 0 Å². The smallest absolute Gasteiger partial charge is 0.303 e. The average Bonchev–Trinajstić information content (AvgIpc) is 3.18. The number of carboxylic acid groups (broad SMARTS) is 2. The zero-order valence-corrected chi connectivity index (χ0v) is 37.5. The summed E-state index contributed by atoms with van der Waals surface area (Å²) in [4.78, 5) is 21.0. The Labute approximate surface area is 350 Å². The van der Waals surface area contributed by atoms with Crippen molar-refractivity contribution in [2.24, 2.45) is 0 Å². The fraction of sp³-hybridized carbons (Fsp3) is 0.885. The van der Waals surface area contributed by atoms with Crippen molar-refractivity contribution in [1.82, 2.24) is 0 Å². The van der Waals surface area contributed by atoms with Crippen molar-refractivity contribution in [2.45, 2.75) is 295 Å². The molecule has 0 amide bonds. The first kappa shape index (κ1) is 54.4. The van der Waals surface area contributed by atoms with Crippen molar-refractivity contribution in [1.29, 1.82) is 0 Å². The second kappa shape index (κ2) is 49.6. The van der Waals surface area contributed by atoms with E-state index >= 15 is 0 Å². The Bertz CT molecular complexity index is 765. The maximum absolute atomic E-state index is 10.5. The molecule has 0 saturated carbocycles. The standard InChI is InChI=1S/C52H98O4/c53-51(54)49-47-45-43-41-39-37-35-33-31-29-27-25-23-21-19-17-15-13-11-9-7-5-3-1-2-4-6-8-10-12-14-16-18-20-22-24-26-28-30-32-34-36-38-40-42-44-46-48-50-52(55)56/h25-28H,1-24,29-50H2,(H,53,54)(H,55,56)/b27-25-,28-26-.